The Morgan fingerprint density at radius 3 is 1.46 bits per heavy atom. The molecule has 0 unspecified atom stereocenters. The molecule has 2 aliphatic rings. The van der Waals surface area contributed by atoms with E-state index in [1.54, 1.807) is 0 Å². The highest BCUT2D eigenvalue weighted by Gasteiger charge is 2.38. The molecule has 3 heteroatoms. The second kappa shape index (κ2) is 7.61. The maximum Gasteiger partial charge on any atom is 0.104 e. The summed E-state index contributed by atoms with van der Waals surface area (Å²) in [5.41, 5.74) is 1.98. The number of hydrogen-bond donors (Lipinski definition) is 2. The lowest BCUT2D eigenvalue weighted by atomic mass is 9.84. The van der Waals surface area contributed by atoms with Crippen LogP contribution in [-0.4, -0.2) is 34.3 Å². The van der Waals surface area contributed by atoms with Crippen LogP contribution in [-0.2, 0) is 17.7 Å². The van der Waals surface area contributed by atoms with E-state index in [9.17, 15) is 10.2 Å². The van der Waals surface area contributed by atoms with Gasteiger partial charge in [-0.05, 0) is 69.7 Å². The molecule has 1 aromatic rings. The lowest BCUT2D eigenvalue weighted by molar-refractivity contribution is -0.936. The number of nitrogens with zero attached hydrogens (tertiary/aromatic N) is 1. The van der Waals surface area contributed by atoms with Crippen molar-refractivity contribution in [3.8, 4) is 0 Å². The van der Waals surface area contributed by atoms with E-state index in [0.717, 1.165) is 93.2 Å². The van der Waals surface area contributed by atoms with Gasteiger partial charge in [0.1, 0.15) is 6.54 Å². The summed E-state index contributed by atoms with van der Waals surface area (Å²) in [6.07, 6.45) is 7.79. The van der Waals surface area contributed by atoms with Crippen LogP contribution in [0.25, 0.3) is 0 Å². The van der Waals surface area contributed by atoms with Gasteiger partial charge in [0.25, 0.3) is 0 Å². The molecule has 0 aliphatic heterocycles. The summed E-state index contributed by atoms with van der Waals surface area (Å²) >= 11 is 0. The summed E-state index contributed by atoms with van der Waals surface area (Å²) in [7, 11) is 0. The fourth-order valence-corrected chi connectivity index (χ4v) is 5.21. The molecule has 2 aliphatic carbocycles. The summed E-state index contributed by atoms with van der Waals surface area (Å²) in [5, 5.41) is 22.4. The second-order valence-electron chi connectivity index (χ2n) is 8.84. The van der Waals surface area contributed by atoms with Gasteiger partial charge < -0.3 is 14.7 Å². The van der Waals surface area contributed by atoms with Crippen molar-refractivity contribution >= 4 is 0 Å². The van der Waals surface area contributed by atoms with Crippen LogP contribution in [0.4, 0.5) is 0 Å². The summed E-state index contributed by atoms with van der Waals surface area (Å²) in [6.45, 7) is 11.1. The van der Waals surface area contributed by atoms with E-state index in [2.05, 4.69) is 39.0 Å². The Morgan fingerprint density at radius 2 is 1.12 bits per heavy atom. The highest BCUT2D eigenvalue weighted by molar-refractivity contribution is 5.37. The fourth-order valence-electron chi connectivity index (χ4n) is 5.21. The number of aliphatic hydroxyl groups is 2. The molecule has 0 radical (unpaired) electrons. The van der Waals surface area contributed by atoms with Gasteiger partial charge in [-0.1, -0.05) is 31.7 Å². The molecular formula is C23H38NO2+. The van der Waals surface area contributed by atoms with Crippen molar-refractivity contribution in [2.24, 2.45) is 0 Å². The minimum absolute atomic E-state index is 0.694. The summed E-state index contributed by atoms with van der Waals surface area (Å²) in [4.78, 5) is 0. The minimum Gasteiger partial charge on any atom is -0.385 e. The largest absolute Gasteiger partial charge is 0.385 e. The van der Waals surface area contributed by atoms with Crippen molar-refractivity contribution in [1.29, 1.82) is 0 Å². The molecule has 1 aromatic carbocycles. The average Bonchev–Trinajstić information content (AvgIpc) is 3.30. The van der Waals surface area contributed by atoms with Crippen LogP contribution in [0.3, 0.4) is 0 Å². The molecular weight excluding hydrogens is 322 g/mol. The number of hydrogen-bond acceptors (Lipinski definition) is 2. The van der Waals surface area contributed by atoms with Crippen LogP contribution in [0, 0.1) is 0 Å². The minimum atomic E-state index is -0.694. The lowest BCUT2D eigenvalue weighted by Gasteiger charge is -2.37. The van der Waals surface area contributed by atoms with E-state index in [0.29, 0.717) is 0 Å². The molecule has 0 heterocycles. The summed E-state index contributed by atoms with van der Waals surface area (Å²) in [5.74, 6) is 0. The van der Waals surface area contributed by atoms with E-state index in [4.69, 9.17) is 0 Å². The lowest BCUT2D eigenvalue weighted by Crippen LogP contribution is -2.46. The van der Waals surface area contributed by atoms with E-state index >= 15 is 0 Å². The first-order valence-electron chi connectivity index (χ1n) is 10.8. The number of benzene rings is 1. The van der Waals surface area contributed by atoms with Gasteiger partial charge in [-0.15, -0.1) is 0 Å². The molecule has 0 spiro atoms. The fraction of sp³-hybridized carbons (Fsp3) is 0.739. The van der Waals surface area contributed by atoms with Gasteiger partial charge in [-0.25, -0.2) is 0 Å². The van der Waals surface area contributed by atoms with E-state index in [-0.39, 0.29) is 0 Å². The van der Waals surface area contributed by atoms with Crippen molar-refractivity contribution in [3.63, 3.8) is 0 Å². The van der Waals surface area contributed by atoms with E-state index in [1.165, 1.54) is 5.56 Å². The molecule has 0 amide bonds. The van der Waals surface area contributed by atoms with Crippen molar-refractivity contribution in [1.82, 2.24) is 0 Å². The van der Waals surface area contributed by atoms with Gasteiger partial charge in [0.2, 0.25) is 0 Å². The average molecular weight is 361 g/mol. The van der Waals surface area contributed by atoms with Gasteiger partial charge in [-0.2, -0.15) is 0 Å². The third-order valence-electron chi connectivity index (χ3n) is 7.46. The molecule has 3 rings (SSSR count). The van der Waals surface area contributed by atoms with Gasteiger partial charge in [0.15, 0.2) is 0 Å². The molecule has 0 atom stereocenters. The molecule has 0 bridgehead atoms. The number of rotatable bonds is 7. The SMILES string of the molecule is CC[N+](CC)(CC)Cc1cc(C2(O)CCCC2)cc(C2(O)CCCC2)c1. The Balaban J connectivity index is 2.03. The Bertz CT molecular complexity index is 560. The van der Waals surface area contributed by atoms with Crippen LogP contribution in [0.5, 0.6) is 0 Å². The Morgan fingerprint density at radius 1 is 0.731 bits per heavy atom. The van der Waals surface area contributed by atoms with Gasteiger partial charge >= 0.3 is 0 Å². The van der Waals surface area contributed by atoms with Crippen molar-refractivity contribution < 1.29 is 14.7 Å². The third kappa shape index (κ3) is 3.72. The molecule has 3 nitrogen and oxygen atoms in total. The first kappa shape index (κ1) is 19.9. The predicted octanol–water partition coefficient (Wildman–Crippen LogP) is 4.59. The third-order valence-corrected chi connectivity index (χ3v) is 7.46. The first-order chi connectivity index (χ1) is 12.4. The standard InChI is InChI=1S/C23H38NO2/c1-4-24(5-2,6-3)18-19-15-20(22(25)11-7-8-12-22)17-21(16-19)23(26)13-9-10-14-23/h15-17,25-26H,4-14,18H2,1-3H3/q+1. The van der Waals surface area contributed by atoms with Crippen LogP contribution < -0.4 is 0 Å². The highest BCUT2D eigenvalue weighted by Crippen LogP contribution is 2.43. The zero-order valence-corrected chi connectivity index (χ0v) is 17.1. The quantitative estimate of drug-likeness (QED) is 0.698. The highest BCUT2D eigenvalue weighted by atomic mass is 16.3. The Kier molecular flexibility index (Phi) is 5.81. The number of quaternary nitrogens is 1. The van der Waals surface area contributed by atoms with Crippen molar-refractivity contribution in [3.05, 3.63) is 34.9 Å². The molecule has 2 N–H and O–H groups in total. The molecule has 2 saturated carbocycles. The topological polar surface area (TPSA) is 40.5 Å². The Labute approximate surface area is 159 Å². The van der Waals surface area contributed by atoms with Crippen molar-refractivity contribution in [2.75, 3.05) is 19.6 Å². The zero-order chi connectivity index (χ0) is 18.8. The molecule has 26 heavy (non-hydrogen) atoms. The van der Waals surface area contributed by atoms with Crippen LogP contribution >= 0.6 is 0 Å². The van der Waals surface area contributed by atoms with E-state index < -0.39 is 11.2 Å². The zero-order valence-electron chi connectivity index (χ0n) is 17.1. The Hall–Kier alpha value is -0.900. The molecule has 0 saturated heterocycles. The van der Waals surface area contributed by atoms with Gasteiger partial charge in [0, 0.05) is 5.56 Å². The summed E-state index contributed by atoms with van der Waals surface area (Å²) in [6, 6.07) is 6.60. The summed E-state index contributed by atoms with van der Waals surface area (Å²) < 4.78 is 1.06. The first-order valence-corrected chi connectivity index (χ1v) is 10.8. The normalized spacial score (nSPS) is 22.0. The molecule has 0 aromatic heterocycles. The van der Waals surface area contributed by atoms with Crippen molar-refractivity contribution in [2.45, 2.75) is 89.9 Å². The molecule has 146 valence electrons. The van der Waals surface area contributed by atoms with Crippen LogP contribution in [0.1, 0.15) is 88.8 Å². The second-order valence-corrected chi connectivity index (χ2v) is 8.84. The predicted molar refractivity (Wildman–Crippen MR) is 107 cm³/mol. The monoisotopic (exact) mass is 360 g/mol. The van der Waals surface area contributed by atoms with Crippen LogP contribution in [0.2, 0.25) is 0 Å². The maximum atomic E-state index is 11.2. The van der Waals surface area contributed by atoms with Crippen LogP contribution in [0.15, 0.2) is 18.2 Å². The van der Waals surface area contributed by atoms with Gasteiger partial charge in [-0.3, -0.25) is 0 Å². The van der Waals surface area contributed by atoms with E-state index in [1.807, 2.05) is 0 Å². The maximum absolute atomic E-state index is 11.2. The molecule has 2 fully saturated rings. The smallest absolute Gasteiger partial charge is 0.104 e. The van der Waals surface area contributed by atoms with Gasteiger partial charge in [0.05, 0.1) is 30.8 Å².